The Labute approximate surface area is 115 Å². The minimum absolute atomic E-state index is 0.191. The van der Waals surface area contributed by atoms with Crippen molar-refractivity contribution in [2.45, 2.75) is 12.9 Å². The molecule has 0 aliphatic carbocycles. The predicted molar refractivity (Wildman–Crippen MR) is 71.3 cm³/mol. The molecule has 1 N–H and O–H groups in total. The summed E-state index contributed by atoms with van der Waals surface area (Å²) in [5, 5.41) is 3.00. The highest BCUT2D eigenvalue weighted by Crippen LogP contribution is 2.35. The van der Waals surface area contributed by atoms with Crippen molar-refractivity contribution in [1.82, 2.24) is 5.32 Å². The van der Waals surface area contributed by atoms with Gasteiger partial charge in [0, 0.05) is 12.1 Å². The van der Waals surface area contributed by atoms with Crippen LogP contribution in [0.2, 0.25) is 0 Å². The standard InChI is InChI=1S/C15H14F3NO/c1-19-10-11-6-2-3-7-12(11)13-8-4-5-9-14(13)20-15(16,17)18/h2-9,19H,10H2,1H3. The Kier molecular flexibility index (Phi) is 4.29. The summed E-state index contributed by atoms with van der Waals surface area (Å²) in [5.74, 6) is -0.191. The zero-order valence-electron chi connectivity index (χ0n) is 10.9. The van der Waals surface area contributed by atoms with E-state index in [1.54, 1.807) is 31.3 Å². The second kappa shape index (κ2) is 5.96. The third kappa shape index (κ3) is 3.51. The SMILES string of the molecule is CNCc1ccccc1-c1ccccc1OC(F)(F)F. The van der Waals surface area contributed by atoms with Gasteiger partial charge in [-0.25, -0.2) is 0 Å². The molecule has 2 aromatic carbocycles. The van der Waals surface area contributed by atoms with Crippen LogP contribution >= 0.6 is 0 Å². The van der Waals surface area contributed by atoms with Crippen molar-refractivity contribution >= 4 is 0 Å². The van der Waals surface area contributed by atoms with E-state index in [0.717, 1.165) is 11.1 Å². The summed E-state index contributed by atoms with van der Waals surface area (Å²) >= 11 is 0. The first kappa shape index (κ1) is 14.4. The van der Waals surface area contributed by atoms with Gasteiger partial charge >= 0.3 is 6.36 Å². The molecule has 0 aliphatic rings. The smallest absolute Gasteiger partial charge is 0.405 e. The fourth-order valence-corrected chi connectivity index (χ4v) is 2.03. The molecule has 2 nitrogen and oxygen atoms in total. The quantitative estimate of drug-likeness (QED) is 0.915. The van der Waals surface area contributed by atoms with Gasteiger partial charge < -0.3 is 10.1 Å². The Morgan fingerprint density at radius 2 is 1.55 bits per heavy atom. The summed E-state index contributed by atoms with van der Waals surface area (Å²) in [7, 11) is 1.79. The Bertz CT molecular complexity index is 581. The highest BCUT2D eigenvalue weighted by Gasteiger charge is 2.32. The molecular formula is C15H14F3NO. The normalized spacial score (nSPS) is 11.4. The molecule has 0 atom stereocenters. The third-order valence-corrected chi connectivity index (χ3v) is 2.79. The Hall–Kier alpha value is -2.01. The predicted octanol–water partition coefficient (Wildman–Crippen LogP) is 3.97. The van der Waals surface area contributed by atoms with Crippen molar-refractivity contribution in [3.63, 3.8) is 0 Å². The van der Waals surface area contributed by atoms with Gasteiger partial charge in [-0.1, -0.05) is 42.5 Å². The molecule has 0 bridgehead atoms. The van der Waals surface area contributed by atoms with Gasteiger partial charge in [0.05, 0.1) is 0 Å². The van der Waals surface area contributed by atoms with Gasteiger partial charge in [0.25, 0.3) is 0 Å². The van der Waals surface area contributed by atoms with E-state index < -0.39 is 6.36 Å². The maximum atomic E-state index is 12.5. The van der Waals surface area contributed by atoms with E-state index in [1.165, 1.54) is 12.1 Å². The zero-order valence-corrected chi connectivity index (χ0v) is 10.9. The lowest BCUT2D eigenvalue weighted by molar-refractivity contribution is -0.274. The first-order chi connectivity index (χ1) is 9.51. The molecule has 20 heavy (non-hydrogen) atoms. The minimum atomic E-state index is -4.70. The molecule has 0 saturated carbocycles. The summed E-state index contributed by atoms with van der Waals surface area (Å²) in [4.78, 5) is 0. The van der Waals surface area contributed by atoms with Crippen molar-refractivity contribution in [3.8, 4) is 16.9 Å². The average molecular weight is 281 g/mol. The van der Waals surface area contributed by atoms with Crippen molar-refractivity contribution < 1.29 is 17.9 Å². The van der Waals surface area contributed by atoms with Crippen LogP contribution in [0, 0.1) is 0 Å². The second-order valence-electron chi connectivity index (χ2n) is 4.23. The molecule has 0 radical (unpaired) electrons. The fraction of sp³-hybridized carbons (Fsp3) is 0.200. The molecule has 2 rings (SSSR count). The van der Waals surface area contributed by atoms with Gasteiger partial charge in [-0.15, -0.1) is 13.2 Å². The largest absolute Gasteiger partial charge is 0.573 e. The maximum absolute atomic E-state index is 12.5. The number of halogens is 3. The highest BCUT2D eigenvalue weighted by atomic mass is 19.4. The van der Waals surface area contributed by atoms with Crippen molar-refractivity contribution in [2.24, 2.45) is 0 Å². The van der Waals surface area contributed by atoms with Crippen LogP contribution in [-0.4, -0.2) is 13.4 Å². The van der Waals surface area contributed by atoms with Gasteiger partial charge in [-0.3, -0.25) is 0 Å². The fourth-order valence-electron chi connectivity index (χ4n) is 2.03. The molecule has 106 valence electrons. The maximum Gasteiger partial charge on any atom is 0.573 e. The monoisotopic (exact) mass is 281 g/mol. The first-order valence-electron chi connectivity index (χ1n) is 6.09. The van der Waals surface area contributed by atoms with Gasteiger partial charge in [0.15, 0.2) is 0 Å². The Balaban J connectivity index is 2.48. The van der Waals surface area contributed by atoms with Crippen LogP contribution in [-0.2, 0) is 6.54 Å². The topological polar surface area (TPSA) is 21.3 Å². The van der Waals surface area contributed by atoms with E-state index in [0.29, 0.717) is 12.1 Å². The van der Waals surface area contributed by atoms with E-state index in [1.807, 2.05) is 12.1 Å². The second-order valence-corrected chi connectivity index (χ2v) is 4.23. The van der Waals surface area contributed by atoms with Crippen molar-refractivity contribution in [2.75, 3.05) is 7.05 Å². The first-order valence-corrected chi connectivity index (χ1v) is 6.09. The minimum Gasteiger partial charge on any atom is -0.405 e. The summed E-state index contributed by atoms with van der Waals surface area (Å²) in [5.41, 5.74) is 2.06. The molecule has 0 spiro atoms. The number of hydrogen-bond acceptors (Lipinski definition) is 2. The molecule has 2 aromatic rings. The number of rotatable bonds is 4. The van der Waals surface area contributed by atoms with Gasteiger partial charge in [0.1, 0.15) is 5.75 Å². The number of alkyl halides is 3. The molecule has 0 aliphatic heterocycles. The van der Waals surface area contributed by atoms with E-state index in [2.05, 4.69) is 10.1 Å². The molecule has 0 saturated heterocycles. The van der Waals surface area contributed by atoms with E-state index in [-0.39, 0.29) is 5.75 Å². The number of benzene rings is 2. The summed E-state index contributed by atoms with van der Waals surface area (Å²) in [6.07, 6.45) is -4.70. The number of para-hydroxylation sites is 1. The Morgan fingerprint density at radius 1 is 0.950 bits per heavy atom. The van der Waals surface area contributed by atoms with Crippen LogP contribution in [0.5, 0.6) is 5.75 Å². The molecule has 5 heteroatoms. The van der Waals surface area contributed by atoms with E-state index >= 15 is 0 Å². The van der Waals surface area contributed by atoms with E-state index in [4.69, 9.17) is 0 Å². The lowest BCUT2D eigenvalue weighted by atomic mass is 9.99. The summed E-state index contributed by atoms with van der Waals surface area (Å²) in [6.45, 7) is 0.566. The van der Waals surface area contributed by atoms with Crippen LogP contribution in [0.4, 0.5) is 13.2 Å². The lowest BCUT2D eigenvalue weighted by Gasteiger charge is -2.15. The van der Waals surface area contributed by atoms with Crippen LogP contribution in [0.1, 0.15) is 5.56 Å². The molecule has 0 aromatic heterocycles. The zero-order chi connectivity index (χ0) is 14.6. The molecular weight excluding hydrogens is 267 g/mol. The average Bonchev–Trinajstić information content (AvgIpc) is 2.39. The van der Waals surface area contributed by atoms with Gasteiger partial charge in [0.2, 0.25) is 0 Å². The van der Waals surface area contributed by atoms with Crippen LogP contribution in [0.3, 0.4) is 0 Å². The van der Waals surface area contributed by atoms with Crippen molar-refractivity contribution in [1.29, 1.82) is 0 Å². The van der Waals surface area contributed by atoms with E-state index in [9.17, 15) is 13.2 Å². The third-order valence-electron chi connectivity index (χ3n) is 2.79. The molecule has 0 amide bonds. The number of hydrogen-bond donors (Lipinski definition) is 1. The summed E-state index contributed by atoms with van der Waals surface area (Å²) < 4.78 is 41.5. The number of ether oxygens (including phenoxy) is 1. The van der Waals surface area contributed by atoms with Gasteiger partial charge in [-0.05, 0) is 24.2 Å². The van der Waals surface area contributed by atoms with Gasteiger partial charge in [-0.2, -0.15) is 0 Å². The lowest BCUT2D eigenvalue weighted by Crippen LogP contribution is -2.17. The van der Waals surface area contributed by atoms with Crippen LogP contribution < -0.4 is 10.1 Å². The summed E-state index contributed by atoms with van der Waals surface area (Å²) in [6, 6.07) is 13.4. The van der Waals surface area contributed by atoms with Crippen LogP contribution in [0.25, 0.3) is 11.1 Å². The number of nitrogens with one attached hydrogen (secondary N) is 1. The molecule has 0 unspecified atom stereocenters. The molecule has 0 heterocycles. The highest BCUT2D eigenvalue weighted by molar-refractivity contribution is 5.73. The van der Waals surface area contributed by atoms with Crippen LogP contribution in [0.15, 0.2) is 48.5 Å². The Morgan fingerprint density at radius 3 is 2.20 bits per heavy atom. The molecule has 0 fully saturated rings. The van der Waals surface area contributed by atoms with Crippen molar-refractivity contribution in [3.05, 3.63) is 54.1 Å².